The second kappa shape index (κ2) is 6.93. The highest BCUT2D eigenvalue weighted by molar-refractivity contribution is 7.89. The highest BCUT2D eigenvalue weighted by Crippen LogP contribution is 2.35. The van der Waals surface area contributed by atoms with E-state index >= 15 is 0 Å². The largest absolute Gasteiger partial charge is 0.486 e. The summed E-state index contributed by atoms with van der Waals surface area (Å²) >= 11 is 0. The molecule has 0 radical (unpaired) electrons. The van der Waals surface area contributed by atoms with Gasteiger partial charge in [-0.25, -0.2) is 13.1 Å². The molecule has 0 aromatic heterocycles. The summed E-state index contributed by atoms with van der Waals surface area (Å²) in [5, 5.41) is 0. The summed E-state index contributed by atoms with van der Waals surface area (Å²) in [5.41, 5.74) is 2.24. The van der Waals surface area contributed by atoms with Crippen molar-refractivity contribution in [1.29, 1.82) is 0 Å². The normalized spacial score (nSPS) is 14.3. The van der Waals surface area contributed by atoms with Crippen molar-refractivity contribution in [2.45, 2.75) is 38.0 Å². The van der Waals surface area contributed by atoms with Crippen LogP contribution in [0.15, 0.2) is 41.3 Å². The Morgan fingerprint density at radius 3 is 2.42 bits per heavy atom. The van der Waals surface area contributed by atoms with Gasteiger partial charge >= 0.3 is 0 Å². The van der Waals surface area contributed by atoms with Gasteiger partial charge in [0.05, 0.1) is 4.90 Å². The highest BCUT2D eigenvalue weighted by atomic mass is 32.2. The van der Waals surface area contributed by atoms with Crippen LogP contribution in [-0.2, 0) is 15.4 Å². The van der Waals surface area contributed by atoms with Gasteiger partial charge in [0.2, 0.25) is 10.0 Å². The lowest BCUT2D eigenvalue weighted by Gasteiger charge is -2.28. The van der Waals surface area contributed by atoms with E-state index in [9.17, 15) is 8.42 Å². The fourth-order valence-electron chi connectivity index (χ4n) is 2.92. The van der Waals surface area contributed by atoms with Gasteiger partial charge < -0.3 is 9.47 Å². The zero-order valence-corrected chi connectivity index (χ0v) is 16.4. The second-order valence-electron chi connectivity index (χ2n) is 7.34. The molecule has 2 aromatic carbocycles. The van der Waals surface area contributed by atoms with E-state index in [2.05, 4.69) is 4.72 Å². The number of aryl methyl sites for hydroxylation is 2. The molecular formula is C20H25NO4S. The SMILES string of the molecule is Cc1ccc(C)c(S(=O)(=O)NCC(C)(C)c2ccc3c(c2)OCCO3)c1. The summed E-state index contributed by atoms with van der Waals surface area (Å²) in [7, 11) is -3.58. The first-order chi connectivity index (χ1) is 12.2. The van der Waals surface area contributed by atoms with E-state index in [4.69, 9.17) is 9.47 Å². The van der Waals surface area contributed by atoms with Crippen molar-refractivity contribution in [2.24, 2.45) is 0 Å². The monoisotopic (exact) mass is 375 g/mol. The first-order valence-corrected chi connectivity index (χ1v) is 10.1. The molecule has 1 aliphatic heterocycles. The Bertz CT molecular complexity index is 919. The van der Waals surface area contributed by atoms with Crippen LogP contribution in [-0.4, -0.2) is 28.2 Å². The third kappa shape index (κ3) is 3.86. The van der Waals surface area contributed by atoms with Crippen molar-refractivity contribution < 1.29 is 17.9 Å². The number of nitrogens with one attached hydrogen (secondary N) is 1. The molecule has 5 nitrogen and oxygen atoms in total. The van der Waals surface area contributed by atoms with Crippen LogP contribution in [0.25, 0.3) is 0 Å². The van der Waals surface area contributed by atoms with E-state index in [1.54, 1.807) is 13.0 Å². The molecule has 1 N–H and O–H groups in total. The summed E-state index contributed by atoms with van der Waals surface area (Å²) in [5.74, 6) is 1.44. The van der Waals surface area contributed by atoms with Crippen LogP contribution < -0.4 is 14.2 Å². The molecule has 0 amide bonds. The molecule has 26 heavy (non-hydrogen) atoms. The first-order valence-electron chi connectivity index (χ1n) is 8.66. The predicted octanol–water partition coefficient (Wildman–Crippen LogP) is 3.33. The zero-order chi connectivity index (χ0) is 18.9. The number of hydrogen-bond donors (Lipinski definition) is 1. The average molecular weight is 375 g/mol. The third-order valence-electron chi connectivity index (χ3n) is 4.66. The van der Waals surface area contributed by atoms with E-state index < -0.39 is 15.4 Å². The molecule has 3 rings (SSSR count). The third-order valence-corrected chi connectivity index (χ3v) is 6.20. The lowest BCUT2D eigenvalue weighted by molar-refractivity contribution is 0.171. The van der Waals surface area contributed by atoms with Gasteiger partial charge in [-0.05, 0) is 48.7 Å². The molecule has 1 heterocycles. The molecule has 0 unspecified atom stereocenters. The Morgan fingerprint density at radius 2 is 1.69 bits per heavy atom. The molecule has 0 spiro atoms. The van der Waals surface area contributed by atoms with Gasteiger partial charge in [-0.2, -0.15) is 0 Å². The molecule has 0 fully saturated rings. The number of rotatable bonds is 5. The van der Waals surface area contributed by atoms with Crippen LogP contribution >= 0.6 is 0 Å². The number of sulfonamides is 1. The maximum absolute atomic E-state index is 12.8. The predicted molar refractivity (Wildman–Crippen MR) is 102 cm³/mol. The van der Waals surface area contributed by atoms with Crippen molar-refractivity contribution in [3.05, 3.63) is 53.1 Å². The minimum Gasteiger partial charge on any atom is -0.486 e. The number of ether oxygens (including phenoxy) is 2. The number of fused-ring (bicyclic) bond motifs is 1. The second-order valence-corrected chi connectivity index (χ2v) is 9.07. The summed E-state index contributed by atoms with van der Waals surface area (Å²) in [6, 6.07) is 11.2. The molecule has 0 saturated heterocycles. The van der Waals surface area contributed by atoms with Crippen LogP contribution in [0, 0.1) is 13.8 Å². The van der Waals surface area contributed by atoms with Gasteiger partial charge in [0.1, 0.15) is 13.2 Å². The topological polar surface area (TPSA) is 64.6 Å². The molecule has 6 heteroatoms. The van der Waals surface area contributed by atoms with Crippen LogP contribution in [0.4, 0.5) is 0 Å². The first kappa shape index (κ1) is 18.7. The zero-order valence-electron chi connectivity index (χ0n) is 15.6. The molecule has 0 bridgehead atoms. The van der Waals surface area contributed by atoms with Gasteiger partial charge in [0, 0.05) is 12.0 Å². The summed E-state index contributed by atoms with van der Waals surface area (Å²) in [6.07, 6.45) is 0. The van der Waals surface area contributed by atoms with Gasteiger partial charge in [0.15, 0.2) is 11.5 Å². The van der Waals surface area contributed by atoms with Crippen LogP contribution in [0.3, 0.4) is 0 Å². The number of hydrogen-bond acceptors (Lipinski definition) is 4. The quantitative estimate of drug-likeness (QED) is 0.871. The lowest BCUT2D eigenvalue weighted by Crippen LogP contribution is -2.37. The lowest BCUT2D eigenvalue weighted by atomic mass is 9.84. The minimum absolute atomic E-state index is 0.280. The molecule has 2 aromatic rings. The summed E-state index contributed by atoms with van der Waals surface area (Å²) in [4.78, 5) is 0.329. The van der Waals surface area contributed by atoms with E-state index in [-0.39, 0.29) is 6.54 Å². The van der Waals surface area contributed by atoms with Gasteiger partial charge in [-0.1, -0.05) is 32.0 Å². The standard InChI is InChI=1S/C20H25NO4S/c1-14-5-6-15(2)19(11-14)26(22,23)21-13-20(3,4)16-7-8-17-18(12-16)25-10-9-24-17/h5-8,11-12,21H,9-10,13H2,1-4H3. The van der Waals surface area contributed by atoms with Gasteiger partial charge in [0.25, 0.3) is 0 Å². The van der Waals surface area contributed by atoms with E-state index in [0.717, 1.165) is 22.4 Å². The molecular weight excluding hydrogens is 350 g/mol. The van der Waals surface area contributed by atoms with Crippen LogP contribution in [0.5, 0.6) is 11.5 Å². The maximum Gasteiger partial charge on any atom is 0.240 e. The highest BCUT2D eigenvalue weighted by Gasteiger charge is 2.26. The molecule has 0 atom stereocenters. The van der Waals surface area contributed by atoms with Crippen molar-refractivity contribution in [2.75, 3.05) is 19.8 Å². The fourth-order valence-corrected chi connectivity index (χ4v) is 4.46. The van der Waals surface area contributed by atoms with Crippen LogP contribution in [0.2, 0.25) is 0 Å². The fraction of sp³-hybridized carbons (Fsp3) is 0.400. The average Bonchev–Trinajstić information content (AvgIpc) is 2.62. The van der Waals surface area contributed by atoms with Crippen LogP contribution in [0.1, 0.15) is 30.5 Å². The Kier molecular flexibility index (Phi) is 4.99. The van der Waals surface area contributed by atoms with Crippen molar-refractivity contribution in [3.63, 3.8) is 0 Å². The number of benzene rings is 2. The van der Waals surface area contributed by atoms with E-state index in [1.165, 1.54) is 0 Å². The van der Waals surface area contributed by atoms with E-state index in [0.29, 0.717) is 23.9 Å². The molecule has 1 aliphatic rings. The molecule has 140 valence electrons. The van der Waals surface area contributed by atoms with Gasteiger partial charge in [-0.15, -0.1) is 0 Å². The Hall–Kier alpha value is -2.05. The minimum atomic E-state index is -3.58. The molecule has 0 saturated carbocycles. The maximum atomic E-state index is 12.8. The van der Waals surface area contributed by atoms with Crippen molar-refractivity contribution in [3.8, 4) is 11.5 Å². The Balaban J connectivity index is 1.80. The summed E-state index contributed by atoms with van der Waals surface area (Å²) in [6.45, 7) is 9.05. The Morgan fingerprint density at radius 1 is 1.00 bits per heavy atom. The van der Waals surface area contributed by atoms with Crippen molar-refractivity contribution in [1.82, 2.24) is 4.72 Å². The Labute approximate surface area is 155 Å². The molecule has 0 aliphatic carbocycles. The smallest absolute Gasteiger partial charge is 0.240 e. The van der Waals surface area contributed by atoms with Gasteiger partial charge in [-0.3, -0.25) is 0 Å². The summed E-state index contributed by atoms with van der Waals surface area (Å²) < 4.78 is 39.5. The van der Waals surface area contributed by atoms with Crippen molar-refractivity contribution >= 4 is 10.0 Å². The van der Waals surface area contributed by atoms with E-state index in [1.807, 2.05) is 51.1 Å².